The first-order chi connectivity index (χ1) is 28.9. The highest BCUT2D eigenvalue weighted by Crippen LogP contribution is 2.56. The van der Waals surface area contributed by atoms with Gasteiger partial charge in [0.05, 0.1) is 40.1 Å². The molecule has 15 heteroatoms. The number of urea groups is 1. The minimum absolute atomic E-state index is 0. The number of fused-ring (bicyclic) bond motifs is 2. The summed E-state index contributed by atoms with van der Waals surface area (Å²) in [7, 11) is 0. The van der Waals surface area contributed by atoms with Crippen molar-refractivity contribution in [1.29, 1.82) is 5.26 Å². The Morgan fingerprint density at radius 1 is 0.902 bits per heavy atom. The topological polar surface area (TPSA) is 162 Å². The molecule has 14 nitrogen and oxygen atoms in total. The number of ether oxygens (including phenoxy) is 1. The van der Waals surface area contributed by atoms with E-state index in [1.165, 1.54) is 0 Å². The molecule has 3 saturated heterocycles. The lowest BCUT2D eigenvalue weighted by molar-refractivity contribution is -0.163. The van der Waals surface area contributed by atoms with E-state index in [-0.39, 0.29) is 59.6 Å². The number of hydrogen-bond donors (Lipinski definition) is 2. The highest BCUT2D eigenvalue weighted by molar-refractivity contribution is 6.09. The maximum absolute atomic E-state index is 13.6. The van der Waals surface area contributed by atoms with E-state index in [0.717, 1.165) is 86.2 Å². The van der Waals surface area contributed by atoms with Crippen LogP contribution in [0.5, 0.6) is 5.75 Å². The van der Waals surface area contributed by atoms with Gasteiger partial charge in [0.15, 0.2) is 0 Å². The minimum Gasteiger partial charge on any atom is -0.488 e. The smallest absolute Gasteiger partial charge is 0.328 e. The number of nitriles is 1. The number of imide groups is 1. The van der Waals surface area contributed by atoms with Crippen LogP contribution in [-0.4, -0.2) is 93.9 Å². The molecule has 1 saturated carbocycles. The van der Waals surface area contributed by atoms with Crippen LogP contribution in [0.15, 0.2) is 73.2 Å². The number of amides is 4. The monoisotopic (exact) mass is 844 g/mol. The average molecular weight is 845 g/mol. The van der Waals surface area contributed by atoms with E-state index in [9.17, 15) is 19.6 Å². The van der Waals surface area contributed by atoms with E-state index < -0.39 is 0 Å². The Balaban J connectivity index is 0.00000514. The lowest BCUT2D eigenvalue weighted by Crippen LogP contribution is -2.74. The van der Waals surface area contributed by atoms with Gasteiger partial charge in [0.2, 0.25) is 5.91 Å². The number of piperidine rings is 2. The van der Waals surface area contributed by atoms with Gasteiger partial charge in [0, 0.05) is 85.7 Å². The van der Waals surface area contributed by atoms with Crippen LogP contribution in [0, 0.1) is 28.1 Å². The number of carbonyl (C=O) groups excluding carboxylic acids is 3. The summed E-state index contributed by atoms with van der Waals surface area (Å²) in [5.74, 6) is 1.81. The van der Waals surface area contributed by atoms with Crippen LogP contribution in [0.4, 0.5) is 16.3 Å². The number of nitrogens with one attached hydrogen (secondary N) is 2. The molecule has 4 amide bonds. The van der Waals surface area contributed by atoms with Gasteiger partial charge in [-0.3, -0.25) is 29.5 Å². The number of rotatable bonds is 9. The van der Waals surface area contributed by atoms with Crippen LogP contribution in [0.2, 0.25) is 0 Å². The number of hydrogen-bond acceptors (Lipinski definition) is 10. The van der Waals surface area contributed by atoms with Crippen molar-refractivity contribution in [2.75, 3.05) is 49.1 Å². The average Bonchev–Trinajstić information content (AvgIpc) is 3.70. The maximum atomic E-state index is 13.6. The normalized spacial score (nSPS) is 22.0. The Kier molecular flexibility index (Phi) is 11.4. The molecule has 0 radical (unpaired) electrons. The van der Waals surface area contributed by atoms with Crippen LogP contribution in [-0.2, 0) is 4.79 Å². The van der Waals surface area contributed by atoms with Gasteiger partial charge in [0.1, 0.15) is 23.7 Å². The Bertz CT molecular complexity index is 2480. The summed E-state index contributed by atoms with van der Waals surface area (Å²) >= 11 is 0. The first kappa shape index (κ1) is 41.9. The number of anilines is 2. The van der Waals surface area contributed by atoms with Crippen LogP contribution >= 0.6 is 12.4 Å². The number of benzene rings is 2. The molecular formula is C46H53ClN10O4. The molecule has 2 aromatic carbocycles. The fourth-order valence-electron chi connectivity index (χ4n) is 10.6. The van der Waals surface area contributed by atoms with E-state index in [1.807, 2.05) is 48.7 Å². The third-order valence-corrected chi connectivity index (χ3v) is 13.5. The van der Waals surface area contributed by atoms with Gasteiger partial charge in [-0.15, -0.1) is 12.4 Å². The van der Waals surface area contributed by atoms with Crippen molar-refractivity contribution < 1.29 is 19.1 Å². The molecule has 9 rings (SSSR count). The zero-order chi connectivity index (χ0) is 41.8. The summed E-state index contributed by atoms with van der Waals surface area (Å²) in [4.78, 5) is 53.6. The zero-order valence-corrected chi connectivity index (χ0v) is 36.0. The second-order valence-electron chi connectivity index (χ2n) is 18.1. The summed E-state index contributed by atoms with van der Waals surface area (Å²) in [6.07, 6.45) is 9.55. The van der Waals surface area contributed by atoms with Gasteiger partial charge in [-0.25, -0.2) is 9.78 Å². The molecule has 0 unspecified atom stereocenters. The van der Waals surface area contributed by atoms with Crippen LogP contribution in [0.1, 0.15) is 81.8 Å². The summed E-state index contributed by atoms with van der Waals surface area (Å²) in [5, 5.41) is 21.8. The van der Waals surface area contributed by atoms with Crippen molar-refractivity contribution in [3.8, 4) is 11.8 Å². The lowest BCUT2D eigenvalue weighted by atomic mass is 9.49. The molecule has 4 fully saturated rings. The van der Waals surface area contributed by atoms with Crippen molar-refractivity contribution in [1.82, 2.24) is 35.3 Å². The molecule has 5 aromatic rings. The fraction of sp³-hybridized carbons (Fsp3) is 0.457. The SMILES string of the molecule is CC1(C)[C@H](NC(=O)c2ccc(N3CCC(CN4CCC(n5ncc6c(N7CCC(=O)NC7=O)cccc65)CC4)CC3)nc2)C(C)(C)[C@H]1Oc1ccc(C#N)c2ncccc12.Cl. The van der Waals surface area contributed by atoms with Crippen molar-refractivity contribution in [3.05, 3.63) is 84.3 Å². The summed E-state index contributed by atoms with van der Waals surface area (Å²) < 4.78 is 8.79. The van der Waals surface area contributed by atoms with Gasteiger partial charge < -0.3 is 19.9 Å². The number of halogens is 1. The van der Waals surface area contributed by atoms with E-state index in [0.29, 0.717) is 40.9 Å². The number of nitrogens with zero attached hydrogens (tertiary/aromatic N) is 8. The van der Waals surface area contributed by atoms with Gasteiger partial charge >= 0.3 is 6.03 Å². The van der Waals surface area contributed by atoms with Crippen LogP contribution < -0.4 is 25.2 Å². The van der Waals surface area contributed by atoms with Gasteiger partial charge in [0.25, 0.3) is 5.91 Å². The van der Waals surface area contributed by atoms with E-state index in [2.05, 4.69) is 69.9 Å². The molecular weight excluding hydrogens is 792 g/mol. The van der Waals surface area contributed by atoms with Crippen molar-refractivity contribution in [3.63, 3.8) is 0 Å². The second kappa shape index (κ2) is 16.6. The minimum atomic E-state index is -0.380. The van der Waals surface area contributed by atoms with Crippen molar-refractivity contribution in [2.45, 2.75) is 78.0 Å². The third kappa shape index (κ3) is 7.74. The molecule has 4 aliphatic rings. The molecule has 318 valence electrons. The zero-order valence-electron chi connectivity index (χ0n) is 35.1. The molecule has 0 bridgehead atoms. The quantitative estimate of drug-likeness (QED) is 0.160. The van der Waals surface area contributed by atoms with Crippen LogP contribution in [0.3, 0.4) is 0 Å². The Morgan fingerprint density at radius 3 is 2.38 bits per heavy atom. The largest absolute Gasteiger partial charge is 0.488 e. The first-order valence-electron chi connectivity index (χ1n) is 21.2. The van der Waals surface area contributed by atoms with E-state index >= 15 is 0 Å². The number of carbonyl (C=O) groups is 3. The Morgan fingerprint density at radius 2 is 1.67 bits per heavy atom. The van der Waals surface area contributed by atoms with Crippen molar-refractivity contribution in [2.24, 2.45) is 16.7 Å². The summed E-state index contributed by atoms with van der Waals surface area (Å²) in [6.45, 7) is 13.8. The molecule has 3 aliphatic heterocycles. The lowest BCUT2D eigenvalue weighted by Gasteiger charge is -2.63. The Hall–Kier alpha value is -5.78. The number of pyridine rings is 2. The standard InChI is InChI=1S/C46H52N10O4.ClH/c1-45(2)42(46(3,4)43(45)60-37-12-10-30(25-47)40-33(37)7-6-19-48-40)52-41(58)31-11-13-38(49-26-31)54-22-14-29(15-23-54)28-53-20-16-32(17-21-53)56-36-9-5-8-35(34(36)27-50-56)55-24-18-39(57)51-44(55)59;/h5-13,19,26-27,29,32,42-43H,14-18,20-24,28H2,1-4H3,(H,52,58)(H,51,57,59);1H/t42-,43-;. The van der Waals surface area contributed by atoms with Crippen LogP contribution in [0.25, 0.3) is 21.8 Å². The molecule has 0 atom stereocenters. The van der Waals surface area contributed by atoms with Gasteiger partial charge in [-0.2, -0.15) is 10.4 Å². The van der Waals surface area contributed by atoms with Gasteiger partial charge in [-0.1, -0.05) is 33.8 Å². The van der Waals surface area contributed by atoms with E-state index in [4.69, 9.17) is 14.8 Å². The Labute approximate surface area is 362 Å². The number of likely N-dealkylation sites (tertiary alicyclic amines) is 1. The first-order valence-corrected chi connectivity index (χ1v) is 21.2. The summed E-state index contributed by atoms with van der Waals surface area (Å²) in [6, 6.07) is 19.2. The summed E-state index contributed by atoms with van der Waals surface area (Å²) in [5.41, 5.74) is 2.74. The second-order valence-corrected chi connectivity index (χ2v) is 18.1. The predicted octanol–water partition coefficient (Wildman–Crippen LogP) is 6.88. The molecule has 0 spiro atoms. The molecule has 3 aromatic heterocycles. The molecule has 6 heterocycles. The highest BCUT2D eigenvalue weighted by atomic mass is 35.5. The fourth-order valence-corrected chi connectivity index (χ4v) is 10.6. The molecule has 1 aliphatic carbocycles. The molecule has 2 N–H and O–H groups in total. The van der Waals surface area contributed by atoms with Gasteiger partial charge in [-0.05, 0) is 80.1 Å². The maximum Gasteiger partial charge on any atom is 0.328 e. The third-order valence-electron chi connectivity index (χ3n) is 13.5. The van der Waals surface area contributed by atoms with Crippen molar-refractivity contribution >= 4 is 63.6 Å². The highest BCUT2D eigenvalue weighted by Gasteiger charge is 2.64. The van der Waals surface area contributed by atoms with E-state index in [1.54, 1.807) is 23.4 Å². The number of aromatic nitrogens is 4. The molecule has 61 heavy (non-hydrogen) atoms. The predicted molar refractivity (Wildman–Crippen MR) is 236 cm³/mol.